The molecule has 142 valence electrons. The highest BCUT2D eigenvalue weighted by Gasteiger charge is 2.16. The Hall–Kier alpha value is -3.35. The molecule has 0 fully saturated rings. The highest BCUT2D eigenvalue weighted by Crippen LogP contribution is 2.29. The number of nitro benzene ring substituents is 1. The van der Waals surface area contributed by atoms with Gasteiger partial charge in [-0.3, -0.25) is 14.9 Å². The van der Waals surface area contributed by atoms with Gasteiger partial charge in [-0.2, -0.15) is 0 Å². The van der Waals surface area contributed by atoms with E-state index in [0.717, 1.165) is 18.4 Å². The highest BCUT2D eigenvalue weighted by atomic mass is 16.6. The number of anilines is 1. The molecule has 0 saturated heterocycles. The molecule has 27 heavy (non-hydrogen) atoms. The van der Waals surface area contributed by atoms with Gasteiger partial charge >= 0.3 is 0 Å². The van der Waals surface area contributed by atoms with Crippen LogP contribution < -0.4 is 14.8 Å². The van der Waals surface area contributed by atoms with Crippen molar-refractivity contribution in [2.75, 3.05) is 19.0 Å². The van der Waals surface area contributed by atoms with E-state index in [9.17, 15) is 14.9 Å². The third kappa shape index (κ3) is 5.85. The first-order valence-corrected chi connectivity index (χ1v) is 8.58. The van der Waals surface area contributed by atoms with Crippen LogP contribution in [0, 0.1) is 10.1 Å². The average molecular weight is 370 g/mol. The third-order valence-corrected chi connectivity index (χ3v) is 3.75. The Labute approximate surface area is 157 Å². The Kier molecular flexibility index (Phi) is 7.37. The van der Waals surface area contributed by atoms with Gasteiger partial charge in [-0.1, -0.05) is 31.5 Å². The number of rotatable bonds is 9. The number of carbonyl (C=O) groups excluding carboxylic acids is 1. The molecule has 2 aromatic rings. The fourth-order valence-corrected chi connectivity index (χ4v) is 2.31. The van der Waals surface area contributed by atoms with E-state index in [-0.39, 0.29) is 11.4 Å². The number of nitrogens with zero attached hydrogens (tertiary/aromatic N) is 1. The molecule has 7 heteroatoms. The molecular formula is C20H22N2O5. The summed E-state index contributed by atoms with van der Waals surface area (Å²) in [5.41, 5.74) is 0.621. The SMILES string of the molecule is CCCCOc1ccccc1/C=C/C(=O)Nc1ccc(OC)cc1[N+](=O)[O-]. The summed E-state index contributed by atoms with van der Waals surface area (Å²) in [7, 11) is 1.42. The van der Waals surface area contributed by atoms with E-state index in [1.54, 1.807) is 12.1 Å². The number of carbonyl (C=O) groups is 1. The van der Waals surface area contributed by atoms with Gasteiger partial charge in [0, 0.05) is 11.6 Å². The monoisotopic (exact) mass is 370 g/mol. The van der Waals surface area contributed by atoms with Gasteiger partial charge in [0.25, 0.3) is 5.69 Å². The maximum atomic E-state index is 12.2. The van der Waals surface area contributed by atoms with Crippen molar-refractivity contribution in [1.29, 1.82) is 0 Å². The molecule has 0 aromatic heterocycles. The summed E-state index contributed by atoms with van der Waals surface area (Å²) >= 11 is 0. The minimum atomic E-state index is -0.571. The zero-order chi connectivity index (χ0) is 19.6. The van der Waals surface area contributed by atoms with Crippen molar-refractivity contribution in [2.45, 2.75) is 19.8 Å². The Balaban J connectivity index is 2.11. The van der Waals surface area contributed by atoms with E-state index in [1.807, 2.05) is 24.3 Å². The predicted molar refractivity (Wildman–Crippen MR) is 104 cm³/mol. The van der Waals surface area contributed by atoms with Crippen molar-refractivity contribution in [1.82, 2.24) is 0 Å². The Morgan fingerprint density at radius 2 is 2.04 bits per heavy atom. The molecular weight excluding hydrogens is 348 g/mol. The van der Waals surface area contributed by atoms with Crippen LogP contribution in [0.15, 0.2) is 48.5 Å². The number of amides is 1. The van der Waals surface area contributed by atoms with Gasteiger partial charge in [-0.25, -0.2) is 0 Å². The van der Waals surface area contributed by atoms with Crippen LogP contribution in [-0.4, -0.2) is 24.5 Å². The van der Waals surface area contributed by atoms with Gasteiger partial charge < -0.3 is 14.8 Å². The number of hydrogen-bond donors (Lipinski definition) is 1. The predicted octanol–water partition coefficient (Wildman–Crippen LogP) is 4.43. The second-order valence-electron chi connectivity index (χ2n) is 5.70. The van der Waals surface area contributed by atoms with Crippen LogP contribution in [0.2, 0.25) is 0 Å². The number of ether oxygens (including phenoxy) is 2. The Morgan fingerprint density at radius 3 is 2.74 bits per heavy atom. The largest absolute Gasteiger partial charge is 0.496 e. The molecule has 1 N–H and O–H groups in total. The maximum Gasteiger partial charge on any atom is 0.296 e. The molecule has 0 aliphatic heterocycles. The van der Waals surface area contributed by atoms with Crippen LogP contribution >= 0.6 is 0 Å². The molecule has 0 radical (unpaired) electrons. The van der Waals surface area contributed by atoms with Crippen LogP contribution in [0.1, 0.15) is 25.3 Å². The summed E-state index contributed by atoms with van der Waals surface area (Å²) in [4.78, 5) is 22.8. The number of hydrogen-bond acceptors (Lipinski definition) is 5. The Morgan fingerprint density at radius 1 is 1.26 bits per heavy atom. The summed E-state index contributed by atoms with van der Waals surface area (Å²) < 4.78 is 10.7. The zero-order valence-corrected chi connectivity index (χ0v) is 15.3. The molecule has 7 nitrogen and oxygen atoms in total. The Bertz CT molecular complexity index is 833. The van der Waals surface area contributed by atoms with Crippen molar-refractivity contribution in [3.63, 3.8) is 0 Å². The van der Waals surface area contributed by atoms with E-state index in [2.05, 4.69) is 12.2 Å². The summed E-state index contributed by atoms with van der Waals surface area (Å²) in [6.07, 6.45) is 4.91. The van der Waals surface area contributed by atoms with Crippen LogP contribution in [-0.2, 0) is 4.79 Å². The van der Waals surface area contributed by atoms with Gasteiger partial charge in [0.15, 0.2) is 0 Å². The number of nitro groups is 1. The summed E-state index contributed by atoms with van der Waals surface area (Å²) in [6, 6.07) is 11.6. The van der Waals surface area contributed by atoms with Gasteiger partial charge in [0.1, 0.15) is 17.2 Å². The van der Waals surface area contributed by atoms with E-state index >= 15 is 0 Å². The molecule has 0 heterocycles. The fraction of sp³-hybridized carbons (Fsp3) is 0.250. The van der Waals surface area contributed by atoms with Crippen molar-refractivity contribution in [3.05, 3.63) is 64.2 Å². The summed E-state index contributed by atoms with van der Waals surface area (Å²) in [6.45, 7) is 2.68. The first-order chi connectivity index (χ1) is 13.0. The van der Waals surface area contributed by atoms with Crippen molar-refractivity contribution in [2.24, 2.45) is 0 Å². The molecule has 0 unspecified atom stereocenters. The normalized spacial score (nSPS) is 10.6. The lowest BCUT2D eigenvalue weighted by atomic mass is 10.2. The molecule has 0 spiro atoms. The number of unbranched alkanes of at least 4 members (excludes halogenated alkanes) is 1. The average Bonchev–Trinajstić information content (AvgIpc) is 2.67. The minimum Gasteiger partial charge on any atom is -0.496 e. The lowest BCUT2D eigenvalue weighted by Crippen LogP contribution is -2.09. The molecule has 2 aromatic carbocycles. The number of nitrogens with one attached hydrogen (secondary N) is 1. The molecule has 2 rings (SSSR count). The quantitative estimate of drug-likeness (QED) is 0.305. The number of benzene rings is 2. The second kappa shape index (κ2) is 9.96. The maximum absolute atomic E-state index is 12.2. The molecule has 0 saturated carbocycles. The van der Waals surface area contributed by atoms with E-state index < -0.39 is 10.8 Å². The zero-order valence-electron chi connectivity index (χ0n) is 15.3. The summed E-state index contributed by atoms with van der Waals surface area (Å²) in [5, 5.41) is 13.7. The minimum absolute atomic E-state index is 0.0999. The lowest BCUT2D eigenvalue weighted by molar-refractivity contribution is -0.384. The smallest absolute Gasteiger partial charge is 0.296 e. The lowest BCUT2D eigenvalue weighted by Gasteiger charge is -2.08. The van der Waals surface area contributed by atoms with Crippen molar-refractivity contribution >= 4 is 23.4 Å². The fourth-order valence-electron chi connectivity index (χ4n) is 2.31. The molecule has 0 aliphatic carbocycles. The number of para-hydroxylation sites is 1. The standard InChI is InChI=1S/C20H22N2O5/c1-3-4-13-27-19-8-6-5-7-15(19)9-12-20(23)21-17-11-10-16(26-2)14-18(17)22(24)25/h5-12,14H,3-4,13H2,1-2H3,(H,21,23)/b12-9+. The van der Waals surface area contributed by atoms with Gasteiger partial charge in [0.05, 0.1) is 24.7 Å². The van der Waals surface area contributed by atoms with Crippen LogP contribution in [0.4, 0.5) is 11.4 Å². The number of methoxy groups -OCH3 is 1. The topological polar surface area (TPSA) is 90.7 Å². The van der Waals surface area contributed by atoms with Gasteiger partial charge in [-0.05, 0) is 30.7 Å². The third-order valence-electron chi connectivity index (χ3n) is 3.75. The van der Waals surface area contributed by atoms with E-state index in [1.165, 1.54) is 25.3 Å². The molecule has 0 atom stereocenters. The summed E-state index contributed by atoms with van der Waals surface area (Å²) in [5.74, 6) is 0.547. The van der Waals surface area contributed by atoms with Crippen molar-refractivity contribution < 1.29 is 19.2 Å². The van der Waals surface area contributed by atoms with Gasteiger partial charge in [0.2, 0.25) is 5.91 Å². The molecule has 0 bridgehead atoms. The van der Waals surface area contributed by atoms with Gasteiger partial charge in [-0.15, -0.1) is 0 Å². The molecule has 1 amide bonds. The van der Waals surface area contributed by atoms with E-state index in [0.29, 0.717) is 18.1 Å². The van der Waals surface area contributed by atoms with Crippen LogP contribution in [0.25, 0.3) is 6.08 Å². The second-order valence-corrected chi connectivity index (χ2v) is 5.70. The van der Waals surface area contributed by atoms with E-state index in [4.69, 9.17) is 9.47 Å². The van der Waals surface area contributed by atoms with Crippen LogP contribution in [0.3, 0.4) is 0 Å². The van der Waals surface area contributed by atoms with Crippen LogP contribution in [0.5, 0.6) is 11.5 Å². The first-order valence-electron chi connectivity index (χ1n) is 8.58. The molecule has 0 aliphatic rings. The van der Waals surface area contributed by atoms with Crippen molar-refractivity contribution in [3.8, 4) is 11.5 Å². The highest BCUT2D eigenvalue weighted by molar-refractivity contribution is 6.03. The first kappa shape index (κ1) is 20.0.